The number of nitrogens with zero attached hydrogens (tertiary/aromatic N) is 6. The summed E-state index contributed by atoms with van der Waals surface area (Å²) in [6.07, 6.45) is 22.2. The second-order valence-corrected chi connectivity index (χ2v) is 48.7. The Hall–Kier alpha value is -6.68. The lowest BCUT2D eigenvalue weighted by molar-refractivity contribution is -0.177. The van der Waals surface area contributed by atoms with Gasteiger partial charge in [-0.3, -0.25) is 77.3 Å². The molecule has 0 spiro atoms. The number of piperidine rings is 6. The smallest absolute Gasteiger partial charge is 0.336 e. The molecule has 32 nitrogen and oxygen atoms in total. The molecular formula is C102H184N6O26. The molecule has 0 amide bonds. The predicted octanol–water partition coefficient (Wildman–Crippen LogP) is 17.5. The predicted molar refractivity (Wildman–Crippen MR) is 516 cm³/mol. The molecule has 0 radical (unpaired) electrons. The molecule has 778 valence electrons. The van der Waals surface area contributed by atoms with E-state index in [1.165, 1.54) is 0 Å². The van der Waals surface area contributed by atoms with E-state index in [9.17, 15) is 72.9 Å². The van der Waals surface area contributed by atoms with E-state index in [1.807, 2.05) is 0 Å². The summed E-state index contributed by atoms with van der Waals surface area (Å²) in [5.74, 6) is -13.4. The first kappa shape index (κ1) is 123. The minimum Gasteiger partial charge on any atom is -0.481 e. The highest BCUT2D eigenvalue weighted by Crippen LogP contribution is 2.63. The molecule has 0 bridgehead atoms. The third kappa shape index (κ3) is 32.4. The molecule has 0 aliphatic carbocycles. The second-order valence-electron chi connectivity index (χ2n) is 48.7. The average molecular weight is 1910 g/mol. The Labute approximate surface area is 801 Å². The normalized spacial score (nSPS) is 22.3. The Bertz CT molecular complexity index is 3320. The van der Waals surface area contributed by atoms with Gasteiger partial charge in [-0.25, -0.2) is 9.59 Å². The molecule has 6 rings (SSSR count). The zero-order valence-electron chi connectivity index (χ0n) is 88.0. The Balaban J connectivity index is 0.000000599. The highest BCUT2D eigenvalue weighted by molar-refractivity contribution is 5.89. The average Bonchev–Trinajstić information content (AvgIpc) is 0.728. The van der Waals surface area contributed by atoms with Gasteiger partial charge in [0.15, 0.2) is 11.2 Å². The van der Waals surface area contributed by atoms with Crippen LogP contribution in [0.1, 0.15) is 404 Å². The molecule has 0 aromatic carbocycles. The van der Waals surface area contributed by atoms with Crippen LogP contribution < -0.4 is 0 Å². The van der Waals surface area contributed by atoms with Crippen LogP contribution in [-0.4, -0.2) is 292 Å². The van der Waals surface area contributed by atoms with E-state index in [4.69, 9.17) is 56.2 Å². The van der Waals surface area contributed by atoms with Gasteiger partial charge in [0, 0.05) is 85.7 Å². The third-order valence-corrected chi connectivity index (χ3v) is 33.9. The first-order chi connectivity index (χ1) is 60.4. The monoisotopic (exact) mass is 1910 g/mol. The molecule has 0 aromatic rings. The van der Waals surface area contributed by atoms with E-state index >= 15 is 0 Å². The van der Waals surface area contributed by atoms with Crippen LogP contribution in [0.5, 0.6) is 0 Å². The summed E-state index contributed by atoms with van der Waals surface area (Å²) in [5, 5.41) is 128. The Morgan fingerprint density at radius 2 is 0.321 bits per heavy atom. The van der Waals surface area contributed by atoms with Crippen molar-refractivity contribution in [2.24, 2.45) is 51.8 Å². The number of unbranched alkanes of at least 4 members (excludes halogenated alkanes) is 12. The summed E-state index contributed by atoms with van der Waals surface area (Å²) in [6.45, 7) is 54.6. The molecule has 0 saturated carbocycles. The van der Waals surface area contributed by atoms with Crippen LogP contribution in [0.15, 0.2) is 0 Å². The number of carboxylic acids is 12. The van der Waals surface area contributed by atoms with Crippen LogP contribution in [0.25, 0.3) is 0 Å². The van der Waals surface area contributed by atoms with Crippen molar-refractivity contribution in [2.75, 3.05) is 42.3 Å². The number of hydrogen-bond donors (Lipinski definition) is 14. The number of likely N-dealkylation sites (tertiary alicyclic amines) is 6. The maximum absolute atomic E-state index is 13.6. The minimum absolute atomic E-state index is 0.0690. The summed E-state index contributed by atoms with van der Waals surface area (Å²) in [5.41, 5.74) is -8.58. The van der Waals surface area contributed by atoms with Crippen LogP contribution in [0.2, 0.25) is 0 Å². The quantitative estimate of drug-likeness (QED) is 0.0252. The van der Waals surface area contributed by atoms with Gasteiger partial charge in [0.05, 0.1) is 41.9 Å². The lowest BCUT2D eigenvalue weighted by Crippen LogP contribution is -2.65. The fraction of sp³-hybridized carbons (Fsp3) is 0.882. The molecular weight excluding hydrogens is 1730 g/mol. The molecule has 0 aromatic heterocycles. The third-order valence-electron chi connectivity index (χ3n) is 33.9. The second kappa shape index (κ2) is 47.5. The number of carbonyl (C=O) groups is 12. The summed E-state index contributed by atoms with van der Waals surface area (Å²) < 4.78 is 0. The SMILES string of the molecule is CN1C(C)(C)CC(C(CCCCCCCC(=O)O)(C(=O)O)C2CC(C)(C)N(C)C(C)(C)C2)CC1(C)C.CN1C(C)(C)CC(C(CCCCCCCC(=O)O)(C(=O)O)C2CC(C)(C)N(C)C(C)(C)C2)CC1(C)C.CN1C(C)(C)CC(C(CCCCCCCC(=O)O)(C(=O)O)C2CC(C)(C)N(C)C(C)(C)C2)CC1(C)C.O=C(O)CC(O)(CC(=O)O)C(=O)O.O=C(O)CC(O)(CC(=O)O)C(=O)O. The van der Waals surface area contributed by atoms with Crippen LogP contribution in [0, 0.1) is 51.8 Å². The molecule has 6 saturated heterocycles. The van der Waals surface area contributed by atoms with Gasteiger partial charge in [-0.05, 0) is 360 Å². The topological polar surface area (TPSA) is 508 Å². The van der Waals surface area contributed by atoms with Gasteiger partial charge in [0.25, 0.3) is 0 Å². The summed E-state index contributed by atoms with van der Waals surface area (Å²) in [6, 6.07) is 0. The Morgan fingerprint density at radius 3 is 0.425 bits per heavy atom. The molecule has 0 atom stereocenters. The maximum Gasteiger partial charge on any atom is 0.336 e. The number of hydrogen-bond acceptors (Lipinski definition) is 20. The van der Waals surface area contributed by atoms with Crippen LogP contribution in [-0.2, 0) is 57.5 Å². The first-order valence-corrected chi connectivity index (χ1v) is 49.0. The van der Waals surface area contributed by atoms with Crippen molar-refractivity contribution in [1.82, 2.24) is 29.4 Å². The van der Waals surface area contributed by atoms with E-state index in [1.54, 1.807) is 0 Å². The van der Waals surface area contributed by atoms with Crippen LogP contribution in [0.3, 0.4) is 0 Å². The highest BCUT2D eigenvalue weighted by atomic mass is 16.4. The molecule has 6 heterocycles. The van der Waals surface area contributed by atoms with Gasteiger partial charge < -0.3 is 71.5 Å². The zero-order chi connectivity index (χ0) is 105. The fourth-order valence-electron chi connectivity index (χ4n) is 25.1. The highest BCUT2D eigenvalue weighted by Gasteiger charge is 2.65. The Morgan fingerprint density at radius 1 is 0.201 bits per heavy atom. The first-order valence-electron chi connectivity index (χ1n) is 49.0. The molecule has 0 unspecified atom stereocenters. The molecule has 14 N–H and O–H groups in total. The van der Waals surface area contributed by atoms with Gasteiger partial charge in [-0.15, -0.1) is 0 Å². The van der Waals surface area contributed by atoms with Gasteiger partial charge in [-0.2, -0.15) is 0 Å². The zero-order valence-corrected chi connectivity index (χ0v) is 88.0. The van der Waals surface area contributed by atoms with E-state index in [0.29, 0.717) is 38.5 Å². The lowest BCUT2D eigenvalue weighted by atomic mass is 9.52. The summed E-state index contributed by atoms with van der Waals surface area (Å²) in [4.78, 5) is 149. The summed E-state index contributed by atoms with van der Waals surface area (Å²) >= 11 is 0. The molecule has 6 aliphatic heterocycles. The Kier molecular flexibility index (Phi) is 43.8. The minimum atomic E-state index is -2.74. The summed E-state index contributed by atoms with van der Waals surface area (Å²) in [7, 11) is 13.2. The molecule has 134 heavy (non-hydrogen) atoms. The lowest BCUT2D eigenvalue weighted by Gasteiger charge is -2.61. The van der Waals surface area contributed by atoms with Gasteiger partial charge in [0.1, 0.15) is 0 Å². The van der Waals surface area contributed by atoms with Crippen molar-refractivity contribution in [1.29, 1.82) is 0 Å². The van der Waals surface area contributed by atoms with Crippen molar-refractivity contribution < 1.29 is 129 Å². The van der Waals surface area contributed by atoms with Crippen LogP contribution in [0.4, 0.5) is 0 Å². The van der Waals surface area contributed by atoms with Crippen molar-refractivity contribution >= 4 is 71.6 Å². The molecule has 6 fully saturated rings. The number of aliphatic carboxylic acids is 12. The van der Waals surface area contributed by atoms with Gasteiger partial charge in [0.2, 0.25) is 0 Å². The number of rotatable bonds is 43. The van der Waals surface area contributed by atoms with Crippen molar-refractivity contribution in [3.8, 4) is 0 Å². The van der Waals surface area contributed by atoms with Crippen LogP contribution >= 0.6 is 0 Å². The van der Waals surface area contributed by atoms with Crippen molar-refractivity contribution in [3.63, 3.8) is 0 Å². The van der Waals surface area contributed by atoms with E-state index in [-0.39, 0.29) is 121 Å². The van der Waals surface area contributed by atoms with Crippen molar-refractivity contribution in [3.05, 3.63) is 0 Å². The van der Waals surface area contributed by atoms with E-state index in [2.05, 4.69) is 238 Å². The van der Waals surface area contributed by atoms with E-state index in [0.717, 1.165) is 154 Å². The standard InChI is InChI=1S/3C30H56N2O4.2C6H8O7/c3*1-26(2)18-22(19-27(3,4)31(26)9)30(25(35)36,17-15-13-11-12-14-16-24(33)34)23-20-28(5,6)32(10)29(7,8)21-23;2*7-3(8)1-6(13,5(11)12)2-4(9)10/h3*22-23H,11-21H2,1-10H3,(H,33,34)(H,35,36);2*13H,1-2H2,(H,7,8)(H,9,10)(H,11,12). The number of carboxylic acid groups (broad SMARTS) is 12. The molecule has 6 aliphatic rings. The van der Waals surface area contributed by atoms with Gasteiger partial charge >= 0.3 is 71.6 Å². The number of aliphatic hydroxyl groups is 2. The van der Waals surface area contributed by atoms with E-state index < -0.39 is 125 Å². The fourth-order valence-corrected chi connectivity index (χ4v) is 25.1. The largest absolute Gasteiger partial charge is 0.481 e. The van der Waals surface area contributed by atoms with Gasteiger partial charge in [-0.1, -0.05) is 77.0 Å². The van der Waals surface area contributed by atoms with Crippen molar-refractivity contribution in [2.45, 2.75) is 481 Å². The molecule has 32 heteroatoms. The maximum atomic E-state index is 13.6.